The van der Waals surface area contributed by atoms with E-state index in [0.29, 0.717) is 6.42 Å². The van der Waals surface area contributed by atoms with E-state index in [4.69, 9.17) is 0 Å². The highest BCUT2D eigenvalue weighted by molar-refractivity contribution is 5.86. The number of hydrogen-bond acceptors (Lipinski definition) is 1. The minimum absolute atomic E-state index is 0.0475. The molecule has 1 unspecified atom stereocenters. The van der Waals surface area contributed by atoms with Crippen molar-refractivity contribution < 1.29 is 4.79 Å². The van der Waals surface area contributed by atoms with E-state index in [0.717, 1.165) is 6.54 Å². The van der Waals surface area contributed by atoms with E-state index in [1.807, 2.05) is 13.8 Å². The van der Waals surface area contributed by atoms with Gasteiger partial charge in [0.15, 0.2) is 0 Å². The topological polar surface area (TPSA) is 34.0 Å². The van der Waals surface area contributed by atoms with Crippen molar-refractivity contribution >= 4 is 16.8 Å². The Bertz CT molecular complexity index is 907. The molecule has 1 amide bonds. The number of carbonyl (C=O) groups excluding carboxylic acids is 1. The fourth-order valence-corrected chi connectivity index (χ4v) is 3.68. The number of para-hydroxylation sites is 1. The van der Waals surface area contributed by atoms with Crippen molar-refractivity contribution in [3.8, 4) is 0 Å². The lowest BCUT2D eigenvalue weighted by molar-refractivity contribution is -0.121. The van der Waals surface area contributed by atoms with Gasteiger partial charge in [0.05, 0.1) is 0 Å². The van der Waals surface area contributed by atoms with Crippen LogP contribution in [0.2, 0.25) is 0 Å². The van der Waals surface area contributed by atoms with Gasteiger partial charge in [-0.1, -0.05) is 48.0 Å². The van der Waals surface area contributed by atoms with Gasteiger partial charge in [-0.25, -0.2) is 0 Å². The smallest absolute Gasteiger partial charge is 0.221 e. The summed E-state index contributed by atoms with van der Waals surface area (Å²) >= 11 is 0. The third kappa shape index (κ3) is 3.82. The van der Waals surface area contributed by atoms with Crippen molar-refractivity contribution in [2.24, 2.45) is 0 Å². The molecule has 3 rings (SSSR count). The number of nitrogens with zero attached hydrogens (tertiary/aromatic N) is 1. The Morgan fingerprint density at radius 3 is 2.58 bits per heavy atom. The van der Waals surface area contributed by atoms with Gasteiger partial charge in [0.2, 0.25) is 5.91 Å². The fourth-order valence-electron chi connectivity index (χ4n) is 3.68. The lowest BCUT2D eigenvalue weighted by Gasteiger charge is -2.19. The average Bonchev–Trinajstić information content (AvgIpc) is 2.98. The molecule has 0 aliphatic carbocycles. The number of fused-ring (bicyclic) bond motifs is 1. The van der Waals surface area contributed by atoms with Gasteiger partial charge in [-0.3, -0.25) is 4.79 Å². The highest BCUT2D eigenvalue weighted by Gasteiger charge is 2.23. The molecule has 136 valence electrons. The first kappa shape index (κ1) is 18.2. The Morgan fingerprint density at radius 2 is 1.88 bits per heavy atom. The second kappa shape index (κ2) is 7.77. The van der Waals surface area contributed by atoms with Crippen LogP contribution in [-0.2, 0) is 11.3 Å². The Balaban J connectivity index is 2.10. The van der Waals surface area contributed by atoms with Crippen LogP contribution in [0.5, 0.6) is 0 Å². The van der Waals surface area contributed by atoms with E-state index in [1.54, 1.807) is 0 Å². The molecular formula is C23H28N2O. The number of rotatable bonds is 6. The molecule has 0 saturated heterocycles. The van der Waals surface area contributed by atoms with Crippen molar-refractivity contribution in [3.05, 3.63) is 71.4 Å². The van der Waals surface area contributed by atoms with Crippen molar-refractivity contribution in [2.75, 3.05) is 0 Å². The Labute approximate surface area is 156 Å². The van der Waals surface area contributed by atoms with E-state index in [9.17, 15) is 4.79 Å². The molecule has 1 aromatic heterocycles. The van der Waals surface area contributed by atoms with Crippen LogP contribution < -0.4 is 5.32 Å². The minimum Gasteiger partial charge on any atom is -0.354 e. The first-order valence-electron chi connectivity index (χ1n) is 9.43. The van der Waals surface area contributed by atoms with Crippen molar-refractivity contribution in [3.63, 3.8) is 0 Å². The second-order valence-corrected chi connectivity index (χ2v) is 7.28. The van der Waals surface area contributed by atoms with Crippen LogP contribution in [0, 0.1) is 6.92 Å². The van der Waals surface area contributed by atoms with Gasteiger partial charge in [0.1, 0.15) is 0 Å². The van der Waals surface area contributed by atoms with E-state index in [1.165, 1.54) is 27.6 Å². The van der Waals surface area contributed by atoms with E-state index >= 15 is 0 Å². The summed E-state index contributed by atoms with van der Waals surface area (Å²) in [5, 5.41) is 4.28. The Kier molecular flexibility index (Phi) is 5.46. The van der Waals surface area contributed by atoms with Crippen LogP contribution in [-0.4, -0.2) is 16.5 Å². The molecule has 26 heavy (non-hydrogen) atoms. The van der Waals surface area contributed by atoms with Gasteiger partial charge in [0, 0.05) is 42.0 Å². The molecule has 0 saturated carbocycles. The normalized spacial score (nSPS) is 12.5. The molecule has 1 N–H and O–H groups in total. The SMILES string of the molecule is CCn1cc(C(CC(=O)NC(C)C)c2cccc(C)c2)c2ccccc21. The lowest BCUT2D eigenvalue weighted by Crippen LogP contribution is -2.31. The molecule has 0 bridgehead atoms. The molecule has 1 heterocycles. The number of hydrogen-bond donors (Lipinski definition) is 1. The van der Waals surface area contributed by atoms with Crippen LogP contribution in [0.25, 0.3) is 10.9 Å². The van der Waals surface area contributed by atoms with Gasteiger partial charge in [-0.05, 0) is 44.9 Å². The van der Waals surface area contributed by atoms with Gasteiger partial charge < -0.3 is 9.88 Å². The molecule has 0 fully saturated rings. The number of amides is 1. The monoisotopic (exact) mass is 348 g/mol. The van der Waals surface area contributed by atoms with Crippen molar-refractivity contribution in [2.45, 2.75) is 52.6 Å². The van der Waals surface area contributed by atoms with Crippen LogP contribution in [0.3, 0.4) is 0 Å². The zero-order valence-electron chi connectivity index (χ0n) is 16.1. The van der Waals surface area contributed by atoms with Crippen LogP contribution >= 0.6 is 0 Å². The van der Waals surface area contributed by atoms with E-state index < -0.39 is 0 Å². The zero-order valence-corrected chi connectivity index (χ0v) is 16.1. The fraction of sp³-hybridized carbons (Fsp3) is 0.348. The molecule has 2 aromatic carbocycles. The maximum absolute atomic E-state index is 12.6. The quantitative estimate of drug-likeness (QED) is 0.667. The highest BCUT2D eigenvalue weighted by atomic mass is 16.1. The van der Waals surface area contributed by atoms with Gasteiger partial charge in [-0.2, -0.15) is 0 Å². The summed E-state index contributed by atoms with van der Waals surface area (Å²) in [6, 6.07) is 17.1. The predicted molar refractivity (Wildman–Crippen MR) is 109 cm³/mol. The third-order valence-corrected chi connectivity index (χ3v) is 4.82. The first-order valence-corrected chi connectivity index (χ1v) is 9.43. The number of aryl methyl sites for hydroxylation is 2. The molecule has 3 heteroatoms. The van der Waals surface area contributed by atoms with Gasteiger partial charge in [0.25, 0.3) is 0 Å². The maximum atomic E-state index is 12.6. The molecule has 0 aliphatic heterocycles. The summed E-state index contributed by atoms with van der Waals surface area (Å²) in [5.41, 5.74) is 4.87. The van der Waals surface area contributed by atoms with Crippen LogP contribution in [0.15, 0.2) is 54.7 Å². The predicted octanol–water partition coefficient (Wildman–Crippen LogP) is 5.02. The molecule has 1 atom stereocenters. The van der Waals surface area contributed by atoms with E-state index in [2.05, 4.69) is 78.5 Å². The summed E-state index contributed by atoms with van der Waals surface area (Å²) in [5.74, 6) is 0.145. The standard InChI is InChI=1S/C23H28N2O/c1-5-25-15-21(19-11-6-7-12-22(19)25)20(14-23(26)24-16(2)3)18-10-8-9-17(4)13-18/h6-13,15-16,20H,5,14H2,1-4H3,(H,24,26). The Morgan fingerprint density at radius 1 is 1.12 bits per heavy atom. The lowest BCUT2D eigenvalue weighted by atomic mass is 9.87. The summed E-state index contributed by atoms with van der Waals surface area (Å²) in [7, 11) is 0. The van der Waals surface area contributed by atoms with Crippen LogP contribution in [0.4, 0.5) is 0 Å². The molecule has 0 spiro atoms. The largest absolute Gasteiger partial charge is 0.354 e. The zero-order chi connectivity index (χ0) is 18.7. The molecule has 3 aromatic rings. The second-order valence-electron chi connectivity index (χ2n) is 7.28. The Hall–Kier alpha value is -2.55. The highest BCUT2D eigenvalue weighted by Crippen LogP contribution is 2.35. The van der Waals surface area contributed by atoms with E-state index in [-0.39, 0.29) is 17.9 Å². The van der Waals surface area contributed by atoms with Crippen LogP contribution in [0.1, 0.15) is 49.8 Å². The summed E-state index contributed by atoms with van der Waals surface area (Å²) in [4.78, 5) is 12.6. The first-order chi connectivity index (χ1) is 12.5. The minimum atomic E-state index is 0.0475. The summed E-state index contributed by atoms with van der Waals surface area (Å²) in [6.07, 6.45) is 2.68. The third-order valence-electron chi connectivity index (χ3n) is 4.82. The van der Waals surface area contributed by atoms with Crippen molar-refractivity contribution in [1.82, 2.24) is 9.88 Å². The number of benzene rings is 2. The van der Waals surface area contributed by atoms with Gasteiger partial charge >= 0.3 is 0 Å². The molecule has 0 aliphatic rings. The summed E-state index contributed by atoms with van der Waals surface area (Å²) in [6.45, 7) is 9.18. The van der Waals surface area contributed by atoms with Crippen molar-refractivity contribution in [1.29, 1.82) is 0 Å². The number of nitrogens with one attached hydrogen (secondary N) is 1. The maximum Gasteiger partial charge on any atom is 0.221 e. The van der Waals surface area contributed by atoms with Gasteiger partial charge in [-0.15, -0.1) is 0 Å². The number of aromatic nitrogens is 1. The summed E-state index contributed by atoms with van der Waals surface area (Å²) < 4.78 is 2.27. The molecule has 0 radical (unpaired) electrons. The number of carbonyl (C=O) groups is 1. The molecular weight excluding hydrogens is 320 g/mol. The average molecular weight is 348 g/mol. The molecule has 3 nitrogen and oxygen atoms in total.